The summed E-state index contributed by atoms with van der Waals surface area (Å²) in [7, 11) is 0. The molecule has 3 heterocycles. The smallest absolute Gasteiger partial charge is 0.409 e. The molecule has 1 saturated heterocycles. The topological polar surface area (TPSA) is 120 Å². The largest absolute Gasteiger partial charge is 0.449 e. The van der Waals surface area contributed by atoms with E-state index in [4.69, 9.17) is 4.74 Å². The number of hydrogen-bond acceptors (Lipinski definition) is 7. The summed E-state index contributed by atoms with van der Waals surface area (Å²) in [4.78, 5) is 40.8. The minimum absolute atomic E-state index is 0.0367. The zero-order valence-electron chi connectivity index (χ0n) is 21.2. The number of piperazine rings is 1. The second-order valence-corrected chi connectivity index (χ2v) is 9.61. The van der Waals surface area contributed by atoms with Gasteiger partial charge in [0.2, 0.25) is 0 Å². The number of aromatic nitrogens is 2. The molecule has 0 bridgehead atoms. The maximum Gasteiger partial charge on any atom is 0.409 e. The highest BCUT2D eigenvalue weighted by atomic mass is 19.1. The fourth-order valence-corrected chi connectivity index (χ4v) is 4.80. The van der Waals surface area contributed by atoms with Crippen LogP contribution in [0.3, 0.4) is 0 Å². The Balaban J connectivity index is 1.19. The molecule has 0 atom stereocenters. The van der Waals surface area contributed by atoms with E-state index in [9.17, 15) is 18.8 Å². The Morgan fingerprint density at radius 1 is 1.03 bits per heavy atom. The highest BCUT2D eigenvalue weighted by Gasteiger charge is 2.39. The van der Waals surface area contributed by atoms with Crippen molar-refractivity contribution in [2.24, 2.45) is 10.2 Å². The van der Waals surface area contributed by atoms with E-state index in [2.05, 4.69) is 27.3 Å². The highest BCUT2D eigenvalue weighted by molar-refractivity contribution is 5.95. The summed E-state index contributed by atoms with van der Waals surface area (Å²) < 4.78 is 20.1. The zero-order valence-corrected chi connectivity index (χ0v) is 21.2. The van der Waals surface area contributed by atoms with Crippen LogP contribution < -0.4 is 5.56 Å². The average Bonchev–Trinajstić information content (AvgIpc) is 3.70. The number of aromatic amines is 1. The van der Waals surface area contributed by atoms with Crippen molar-refractivity contribution in [2.75, 3.05) is 32.8 Å². The number of benzene rings is 2. The number of nitrogens with zero attached hydrogens (tertiary/aromatic N) is 5. The fraction of sp³-hybridized carbons (Fsp3) is 0.407. The Labute approximate surface area is 218 Å². The Hall–Kier alpha value is -4.15. The van der Waals surface area contributed by atoms with Crippen molar-refractivity contribution in [3.8, 4) is 0 Å². The van der Waals surface area contributed by atoms with E-state index < -0.39 is 17.8 Å². The molecule has 1 aromatic heterocycles. The third-order valence-corrected chi connectivity index (χ3v) is 6.99. The summed E-state index contributed by atoms with van der Waals surface area (Å²) in [5.74, 6) is -1.05. The molecule has 0 spiro atoms. The Morgan fingerprint density at radius 2 is 1.74 bits per heavy atom. The molecular formula is C27H29FN6O4. The maximum atomic E-state index is 14.7. The number of carbonyl (C=O) groups excluding carboxylic acids is 2. The van der Waals surface area contributed by atoms with Gasteiger partial charge in [-0.2, -0.15) is 15.3 Å². The third-order valence-electron chi connectivity index (χ3n) is 6.99. The van der Waals surface area contributed by atoms with E-state index >= 15 is 0 Å². The number of halogens is 1. The predicted molar refractivity (Wildman–Crippen MR) is 138 cm³/mol. The molecule has 2 aliphatic rings. The van der Waals surface area contributed by atoms with Gasteiger partial charge in [-0.25, -0.2) is 14.3 Å². The van der Waals surface area contributed by atoms with Gasteiger partial charge in [0.25, 0.3) is 11.5 Å². The molecule has 0 radical (unpaired) electrons. The van der Waals surface area contributed by atoms with E-state index in [1.807, 2.05) is 12.1 Å². The number of H-pyrrole nitrogens is 1. The van der Waals surface area contributed by atoms with Gasteiger partial charge in [0.05, 0.1) is 23.3 Å². The minimum Gasteiger partial charge on any atom is -0.449 e. The van der Waals surface area contributed by atoms with Crippen molar-refractivity contribution in [3.05, 3.63) is 75.5 Å². The summed E-state index contributed by atoms with van der Waals surface area (Å²) in [5, 5.41) is 16.0. The highest BCUT2D eigenvalue weighted by Crippen LogP contribution is 2.36. The standard InChI is InChI=1S/C27H29FN6O4/c1-2-9-27(31-32-27)10-15-38-26(37)34-13-11-33(12-14-34)25(36)21-16-18(7-8-22(21)28)17-23-19-5-3-4-6-20(19)24(35)30-29-23/h3-8,16H,2,9-15,17H2,1H3,(H,30,35). The van der Waals surface area contributed by atoms with Gasteiger partial charge in [-0.05, 0) is 30.2 Å². The van der Waals surface area contributed by atoms with Crippen LogP contribution >= 0.6 is 0 Å². The Bertz CT molecular complexity index is 1440. The lowest BCUT2D eigenvalue weighted by atomic mass is 10.0. The first kappa shape index (κ1) is 25.5. The van der Waals surface area contributed by atoms with Crippen molar-refractivity contribution < 1.29 is 18.7 Å². The number of amides is 2. The van der Waals surface area contributed by atoms with Crippen LogP contribution in [0, 0.1) is 5.82 Å². The van der Waals surface area contributed by atoms with Crippen LogP contribution in [0.25, 0.3) is 10.8 Å². The lowest BCUT2D eigenvalue weighted by molar-refractivity contribution is 0.0546. The summed E-state index contributed by atoms with van der Waals surface area (Å²) in [6.07, 6.45) is 2.27. The zero-order chi connectivity index (χ0) is 26.7. The molecule has 3 aromatic rings. The quantitative estimate of drug-likeness (QED) is 0.483. The Morgan fingerprint density at radius 3 is 2.45 bits per heavy atom. The van der Waals surface area contributed by atoms with E-state index in [0.29, 0.717) is 48.0 Å². The van der Waals surface area contributed by atoms with Crippen LogP contribution in [0.4, 0.5) is 9.18 Å². The molecule has 0 aliphatic carbocycles. The molecule has 11 heteroatoms. The minimum atomic E-state index is -0.614. The molecule has 198 valence electrons. The van der Waals surface area contributed by atoms with Crippen LogP contribution in [-0.2, 0) is 11.2 Å². The molecule has 5 rings (SSSR count). The van der Waals surface area contributed by atoms with Crippen LogP contribution in [0.5, 0.6) is 0 Å². The maximum absolute atomic E-state index is 14.7. The van der Waals surface area contributed by atoms with Gasteiger partial charge in [0, 0.05) is 44.4 Å². The monoisotopic (exact) mass is 520 g/mol. The predicted octanol–water partition coefficient (Wildman–Crippen LogP) is 3.90. The summed E-state index contributed by atoms with van der Waals surface area (Å²) in [6.45, 7) is 3.44. The molecule has 1 fully saturated rings. The molecule has 2 aromatic carbocycles. The fourth-order valence-electron chi connectivity index (χ4n) is 4.80. The van der Waals surface area contributed by atoms with E-state index in [-0.39, 0.29) is 36.5 Å². The first-order chi connectivity index (χ1) is 18.4. The van der Waals surface area contributed by atoms with Crippen LogP contribution in [-0.4, -0.2) is 70.4 Å². The van der Waals surface area contributed by atoms with Gasteiger partial charge in [0.15, 0.2) is 5.66 Å². The SMILES string of the molecule is CCCC1(CCOC(=O)N2CCN(C(=O)c3cc(Cc4n[nH]c(=O)c5ccccc45)ccc3F)CC2)N=N1. The van der Waals surface area contributed by atoms with E-state index in [0.717, 1.165) is 12.8 Å². The van der Waals surface area contributed by atoms with Gasteiger partial charge in [-0.1, -0.05) is 37.6 Å². The van der Waals surface area contributed by atoms with Crippen molar-refractivity contribution in [2.45, 2.75) is 38.3 Å². The van der Waals surface area contributed by atoms with Crippen molar-refractivity contribution in [1.82, 2.24) is 20.0 Å². The Kier molecular flexibility index (Phi) is 7.17. The van der Waals surface area contributed by atoms with Crippen LogP contribution in [0.15, 0.2) is 57.5 Å². The summed E-state index contributed by atoms with van der Waals surface area (Å²) in [5.41, 5.74) is 0.625. The molecule has 10 nitrogen and oxygen atoms in total. The van der Waals surface area contributed by atoms with Crippen molar-refractivity contribution >= 4 is 22.8 Å². The third kappa shape index (κ3) is 5.41. The molecule has 2 aliphatic heterocycles. The van der Waals surface area contributed by atoms with Gasteiger partial charge >= 0.3 is 6.09 Å². The van der Waals surface area contributed by atoms with Crippen LogP contribution in [0.1, 0.15) is 47.8 Å². The normalized spacial score (nSPS) is 16.1. The van der Waals surface area contributed by atoms with E-state index in [1.54, 1.807) is 23.1 Å². The van der Waals surface area contributed by atoms with Gasteiger partial charge in [-0.15, -0.1) is 0 Å². The molecule has 38 heavy (non-hydrogen) atoms. The number of carbonyl (C=O) groups is 2. The van der Waals surface area contributed by atoms with E-state index in [1.165, 1.54) is 17.0 Å². The average molecular weight is 521 g/mol. The summed E-state index contributed by atoms with van der Waals surface area (Å²) in [6, 6.07) is 11.5. The second-order valence-electron chi connectivity index (χ2n) is 9.61. The van der Waals surface area contributed by atoms with Gasteiger partial charge in [-0.3, -0.25) is 9.59 Å². The molecule has 0 saturated carbocycles. The lowest BCUT2D eigenvalue weighted by Gasteiger charge is -2.34. The lowest BCUT2D eigenvalue weighted by Crippen LogP contribution is -2.51. The number of fused-ring (bicyclic) bond motifs is 1. The molecule has 1 N–H and O–H groups in total. The van der Waals surface area contributed by atoms with Gasteiger partial charge < -0.3 is 14.5 Å². The first-order valence-electron chi connectivity index (χ1n) is 12.8. The van der Waals surface area contributed by atoms with Crippen LogP contribution in [0.2, 0.25) is 0 Å². The second kappa shape index (κ2) is 10.7. The van der Waals surface area contributed by atoms with Gasteiger partial charge in [0.1, 0.15) is 5.82 Å². The number of hydrogen-bond donors (Lipinski definition) is 1. The molecule has 0 unspecified atom stereocenters. The summed E-state index contributed by atoms with van der Waals surface area (Å²) >= 11 is 0. The molecular weight excluding hydrogens is 491 g/mol. The molecule has 2 amide bonds. The first-order valence-corrected chi connectivity index (χ1v) is 12.8. The number of ether oxygens (including phenoxy) is 1. The number of nitrogens with one attached hydrogen (secondary N) is 1. The van der Waals surface area contributed by atoms with Crippen molar-refractivity contribution in [3.63, 3.8) is 0 Å². The van der Waals surface area contributed by atoms with Crippen molar-refractivity contribution in [1.29, 1.82) is 0 Å². The number of rotatable bonds is 8.